The number of hydrogen-bond donors (Lipinski definition) is 0. The molecule has 2 heterocycles. The van der Waals surface area contributed by atoms with Crippen molar-refractivity contribution in [3.05, 3.63) is 36.0 Å². The summed E-state index contributed by atoms with van der Waals surface area (Å²) in [7, 11) is 1.65. The molecule has 0 spiro atoms. The molecule has 1 aliphatic rings. The van der Waals surface area contributed by atoms with E-state index in [1.807, 2.05) is 24.3 Å². The van der Waals surface area contributed by atoms with Crippen LogP contribution in [0.25, 0.3) is 10.9 Å². The van der Waals surface area contributed by atoms with E-state index in [0.29, 0.717) is 18.3 Å². The van der Waals surface area contributed by atoms with Gasteiger partial charge in [-0.1, -0.05) is 39.5 Å². The number of ether oxygens (including phenoxy) is 1. The van der Waals surface area contributed by atoms with Crippen LogP contribution in [0, 0.1) is 11.8 Å². The highest BCUT2D eigenvalue weighted by Gasteiger charge is 2.28. The second-order valence-corrected chi connectivity index (χ2v) is 8.78. The van der Waals surface area contributed by atoms with E-state index in [4.69, 9.17) is 4.74 Å². The predicted molar refractivity (Wildman–Crippen MR) is 124 cm³/mol. The van der Waals surface area contributed by atoms with Gasteiger partial charge in [0, 0.05) is 30.1 Å². The van der Waals surface area contributed by atoms with Crippen LogP contribution >= 0.6 is 0 Å². The molecule has 0 aliphatic carbocycles. The van der Waals surface area contributed by atoms with Crippen LogP contribution < -0.4 is 4.74 Å². The van der Waals surface area contributed by atoms with Gasteiger partial charge in [0.15, 0.2) is 5.78 Å². The summed E-state index contributed by atoms with van der Waals surface area (Å²) in [6.07, 6.45) is 11.1. The van der Waals surface area contributed by atoms with Crippen molar-refractivity contribution in [2.45, 2.75) is 65.2 Å². The molecule has 2 atom stereocenters. The van der Waals surface area contributed by atoms with Crippen LogP contribution in [0.5, 0.6) is 5.75 Å². The van der Waals surface area contributed by atoms with Crippen LogP contribution in [-0.2, 0) is 0 Å². The summed E-state index contributed by atoms with van der Waals surface area (Å²) in [5.74, 6) is 2.37. The predicted octanol–water partition coefficient (Wildman–Crippen LogP) is 6.13. The molecule has 1 aromatic heterocycles. The number of nitrogens with zero attached hydrogens (tertiary/aromatic N) is 2. The Morgan fingerprint density at radius 2 is 2.03 bits per heavy atom. The number of Topliss-reactive ketones (excluding diaryl/α,β-unsaturated/α-hetero) is 1. The number of unbranched alkanes of at least 4 members (excludes halogenated alkanes) is 3. The van der Waals surface area contributed by atoms with Gasteiger partial charge in [-0.3, -0.25) is 9.78 Å². The van der Waals surface area contributed by atoms with Crippen LogP contribution in [0.4, 0.5) is 0 Å². The third-order valence-electron chi connectivity index (χ3n) is 6.82. The first-order valence-electron chi connectivity index (χ1n) is 11.8. The first-order valence-corrected chi connectivity index (χ1v) is 11.8. The highest BCUT2D eigenvalue weighted by Crippen LogP contribution is 2.31. The van der Waals surface area contributed by atoms with E-state index >= 15 is 0 Å². The lowest BCUT2D eigenvalue weighted by Crippen LogP contribution is -2.40. The third-order valence-corrected chi connectivity index (χ3v) is 6.82. The zero-order valence-electron chi connectivity index (χ0n) is 19.0. The number of likely N-dealkylation sites (tertiary alicyclic amines) is 1. The quantitative estimate of drug-likeness (QED) is 0.330. The van der Waals surface area contributed by atoms with Gasteiger partial charge in [0.1, 0.15) is 5.75 Å². The number of methoxy groups -OCH3 is 1. The van der Waals surface area contributed by atoms with E-state index in [1.165, 1.54) is 58.2 Å². The van der Waals surface area contributed by atoms with E-state index in [2.05, 4.69) is 23.7 Å². The number of pyridine rings is 1. The number of aromatic nitrogens is 1. The number of piperidine rings is 1. The fraction of sp³-hybridized carbons (Fsp3) is 0.615. The maximum Gasteiger partial charge on any atom is 0.163 e. The normalized spacial score (nSPS) is 19.8. The molecule has 1 saturated heterocycles. The SMILES string of the molecule is CCCCCCN1CCC(CCC(=O)c2ccnc3ccc(OC)cc23)C(CC)C1. The van der Waals surface area contributed by atoms with Gasteiger partial charge in [-0.25, -0.2) is 0 Å². The summed E-state index contributed by atoms with van der Waals surface area (Å²) in [6, 6.07) is 7.61. The fourth-order valence-corrected chi connectivity index (χ4v) is 4.91. The molecule has 164 valence electrons. The Morgan fingerprint density at radius 3 is 2.80 bits per heavy atom. The minimum atomic E-state index is 0.229. The molecule has 2 aromatic rings. The van der Waals surface area contributed by atoms with Gasteiger partial charge in [0.05, 0.1) is 12.6 Å². The van der Waals surface area contributed by atoms with Crippen molar-refractivity contribution >= 4 is 16.7 Å². The Morgan fingerprint density at radius 1 is 1.17 bits per heavy atom. The van der Waals surface area contributed by atoms with E-state index in [-0.39, 0.29) is 5.78 Å². The molecule has 0 saturated carbocycles. The molecular formula is C26H38N2O2. The fourth-order valence-electron chi connectivity index (χ4n) is 4.91. The number of carbonyl (C=O) groups excluding carboxylic acids is 1. The standard InChI is InChI=1S/C26H38N2O2/c1-4-6-7-8-16-28-17-14-21(20(5-2)19-28)9-12-26(29)23-13-15-27-25-11-10-22(30-3)18-24(23)25/h10-11,13,15,18,20-21H,4-9,12,14,16-17,19H2,1-3H3. The molecule has 1 aromatic carbocycles. The number of rotatable bonds is 11. The van der Waals surface area contributed by atoms with Crippen molar-refractivity contribution in [2.75, 3.05) is 26.7 Å². The summed E-state index contributed by atoms with van der Waals surface area (Å²) >= 11 is 0. The molecule has 1 aliphatic heterocycles. The molecule has 0 radical (unpaired) electrons. The molecule has 3 rings (SSSR count). The number of hydrogen-bond acceptors (Lipinski definition) is 4. The lowest BCUT2D eigenvalue weighted by atomic mass is 9.80. The number of carbonyl (C=O) groups is 1. The summed E-state index contributed by atoms with van der Waals surface area (Å²) in [4.78, 5) is 20.1. The van der Waals surface area contributed by atoms with Crippen molar-refractivity contribution in [1.82, 2.24) is 9.88 Å². The van der Waals surface area contributed by atoms with Crippen LogP contribution in [0.15, 0.2) is 30.5 Å². The molecule has 4 heteroatoms. The number of fused-ring (bicyclic) bond motifs is 1. The van der Waals surface area contributed by atoms with Crippen molar-refractivity contribution in [2.24, 2.45) is 11.8 Å². The molecule has 30 heavy (non-hydrogen) atoms. The molecule has 0 N–H and O–H groups in total. The van der Waals surface area contributed by atoms with Crippen molar-refractivity contribution in [3.8, 4) is 5.75 Å². The minimum Gasteiger partial charge on any atom is -0.497 e. The highest BCUT2D eigenvalue weighted by molar-refractivity contribution is 6.07. The van der Waals surface area contributed by atoms with E-state index in [1.54, 1.807) is 13.3 Å². The average Bonchev–Trinajstić information content (AvgIpc) is 2.79. The minimum absolute atomic E-state index is 0.229. The van der Waals surface area contributed by atoms with Gasteiger partial charge in [-0.15, -0.1) is 0 Å². The largest absolute Gasteiger partial charge is 0.497 e. The number of ketones is 1. The first-order chi connectivity index (χ1) is 14.7. The zero-order chi connectivity index (χ0) is 21.3. The Bertz CT molecular complexity index is 820. The summed E-state index contributed by atoms with van der Waals surface area (Å²) in [5.41, 5.74) is 1.63. The molecule has 2 unspecified atom stereocenters. The lowest BCUT2D eigenvalue weighted by Gasteiger charge is -2.38. The average molecular weight is 411 g/mol. The maximum atomic E-state index is 13.1. The Hall–Kier alpha value is -1.94. The Labute approximate surface area is 182 Å². The summed E-state index contributed by atoms with van der Waals surface area (Å²) in [6.45, 7) is 8.22. The second-order valence-electron chi connectivity index (χ2n) is 8.78. The monoisotopic (exact) mass is 410 g/mol. The van der Waals surface area contributed by atoms with Crippen LogP contribution in [-0.4, -0.2) is 42.4 Å². The van der Waals surface area contributed by atoms with Crippen LogP contribution in [0.3, 0.4) is 0 Å². The van der Waals surface area contributed by atoms with Crippen molar-refractivity contribution in [3.63, 3.8) is 0 Å². The van der Waals surface area contributed by atoms with E-state index in [9.17, 15) is 4.79 Å². The second kappa shape index (κ2) is 11.5. The van der Waals surface area contributed by atoms with Crippen molar-refractivity contribution < 1.29 is 9.53 Å². The highest BCUT2D eigenvalue weighted by atomic mass is 16.5. The van der Waals surface area contributed by atoms with Gasteiger partial charge >= 0.3 is 0 Å². The van der Waals surface area contributed by atoms with Gasteiger partial charge in [-0.2, -0.15) is 0 Å². The number of benzene rings is 1. The van der Waals surface area contributed by atoms with E-state index < -0.39 is 0 Å². The molecule has 1 fully saturated rings. The van der Waals surface area contributed by atoms with Crippen LogP contribution in [0.2, 0.25) is 0 Å². The third kappa shape index (κ3) is 5.81. The Kier molecular flexibility index (Phi) is 8.68. The van der Waals surface area contributed by atoms with Gasteiger partial charge in [-0.05, 0) is 68.5 Å². The molecular weight excluding hydrogens is 372 g/mol. The Balaban J connectivity index is 1.57. The zero-order valence-corrected chi connectivity index (χ0v) is 19.0. The molecule has 4 nitrogen and oxygen atoms in total. The summed E-state index contributed by atoms with van der Waals surface area (Å²) in [5, 5.41) is 0.899. The lowest BCUT2D eigenvalue weighted by molar-refractivity contribution is 0.0899. The van der Waals surface area contributed by atoms with Gasteiger partial charge in [0.25, 0.3) is 0 Å². The summed E-state index contributed by atoms with van der Waals surface area (Å²) < 4.78 is 5.35. The van der Waals surface area contributed by atoms with Gasteiger partial charge < -0.3 is 9.64 Å². The molecule has 0 bridgehead atoms. The first kappa shape index (κ1) is 22.7. The van der Waals surface area contributed by atoms with Gasteiger partial charge in [0.2, 0.25) is 0 Å². The van der Waals surface area contributed by atoms with Crippen LogP contribution in [0.1, 0.15) is 75.6 Å². The van der Waals surface area contributed by atoms with Crippen molar-refractivity contribution in [1.29, 1.82) is 0 Å². The molecule has 0 amide bonds. The smallest absolute Gasteiger partial charge is 0.163 e. The maximum absolute atomic E-state index is 13.1. The topological polar surface area (TPSA) is 42.4 Å². The van der Waals surface area contributed by atoms with E-state index in [0.717, 1.165) is 28.6 Å².